The molecule has 0 nitrogen and oxygen atoms in total. The van der Waals surface area contributed by atoms with E-state index in [1.54, 1.807) is 6.07 Å². The van der Waals surface area contributed by atoms with Gasteiger partial charge in [-0.1, -0.05) is 11.6 Å². The van der Waals surface area contributed by atoms with Gasteiger partial charge >= 0.3 is 0 Å². The lowest BCUT2D eigenvalue weighted by Crippen LogP contribution is -1.85. The normalized spacial score (nSPS) is 10.2. The lowest BCUT2D eigenvalue weighted by Gasteiger charge is -2.04. The molecule has 3 heteroatoms. The zero-order chi connectivity index (χ0) is 8.43. The van der Waals surface area contributed by atoms with Crippen LogP contribution in [0.4, 0.5) is 4.39 Å². The Morgan fingerprint density at radius 2 is 2.09 bits per heavy atom. The van der Waals surface area contributed by atoms with Crippen molar-refractivity contribution in [1.29, 1.82) is 0 Å². The molecule has 0 aliphatic heterocycles. The van der Waals surface area contributed by atoms with Crippen LogP contribution < -0.4 is 0 Å². The highest BCUT2D eigenvalue weighted by atomic mass is 35.5. The van der Waals surface area contributed by atoms with Crippen LogP contribution in [0.2, 0.25) is 5.02 Å². The molecular weight excluding hydrogens is 183 g/mol. The van der Waals surface area contributed by atoms with Gasteiger partial charge in [0, 0.05) is 9.92 Å². The number of halogens is 2. The summed E-state index contributed by atoms with van der Waals surface area (Å²) in [6.45, 7) is 1.82. The zero-order valence-electron chi connectivity index (χ0n) is 6.32. The second-order valence-electron chi connectivity index (χ2n) is 2.19. The average molecular weight is 191 g/mol. The van der Waals surface area contributed by atoms with Gasteiger partial charge in [-0.05, 0) is 30.9 Å². The minimum atomic E-state index is -0.195. The Kier molecular flexibility index (Phi) is 2.79. The fourth-order valence-corrected chi connectivity index (χ4v) is 1.78. The molecule has 0 saturated carbocycles. The van der Waals surface area contributed by atoms with Gasteiger partial charge in [0.1, 0.15) is 5.82 Å². The van der Waals surface area contributed by atoms with Gasteiger partial charge in [-0.3, -0.25) is 0 Å². The second-order valence-corrected chi connectivity index (χ2v) is 3.41. The van der Waals surface area contributed by atoms with Crippen molar-refractivity contribution in [2.45, 2.75) is 11.8 Å². The van der Waals surface area contributed by atoms with E-state index < -0.39 is 0 Å². The van der Waals surface area contributed by atoms with E-state index in [0.29, 0.717) is 9.92 Å². The largest absolute Gasteiger partial charge is 0.206 e. The quantitative estimate of drug-likeness (QED) is 0.611. The summed E-state index contributed by atoms with van der Waals surface area (Å²) < 4.78 is 13.0. The number of hydrogen-bond acceptors (Lipinski definition) is 1. The van der Waals surface area contributed by atoms with Crippen molar-refractivity contribution < 1.29 is 4.39 Å². The van der Waals surface area contributed by atoms with Crippen molar-refractivity contribution in [3.8, 4) is 0 Å². The molecule has 1 aromatic carbocycles. The van der Waals surface area contributed by atoms with E-state index in [0.717, 1.165) is 5.56 Å². The van der Waals surface area contributed by atoms with Gasteiger partial charge < -0.3 is 0 Å². The predicted octanol–water partition coefficient (Wildman–Crippen LogP) is 3.51. The number of thioether (sulfide) groups is 1. The highest BCUT2D eigenvalue weighted by molar-refractivity contribution is 7.98. The lowest BCUT2D eigenvalue weighted by molar-refractivity contribution is 0.599. The van der Waals surface area contributed by atoms with Crippen LogP contribution in [0.25, 0.3) is 0 Å². The Morgan fingerprint density at radius 3 is 2.55 bits per heavy atom. The molecule has 0 radical (unpaired) electrons. The monoisotopic (exact) mass is 190 g/mol. The third-order valence-corrected chi connectivity index (χ3v) is 2.81. The van der Waals surface area contributed by atoms with E-state index in [1.165, 1.54) is 17.8 Å². The Hall–Kier alpha value is -0.210. The summed E-state index contributed by atoms with van der Waals surface area (Å²) in [5.74, 6) is -0.195. The molecule has 0 unspecified atom stereocenters. The van der Waals surface area contributed by atoms with E-state index in [4.69, 9.17) is 11.6 Å². The molecule has 0 amide bonds. The summed E-state index contributed by atoms with van der Waals surface area (Å²) in [5, 5.41) is 0.621. The number of rotatable bonds is 1. The molecule has 0 aliphatic rings. The van der Waals surface area contributed by atoms with Crippen LogP contribution in [-0.2, 0) is 0 Å². The molecule has 0 N–H and O–H groups in total. The minimum absolute atomic E-state index is 0.195. The van der Waals surface area contributed by atoms with Crippen molar-refractivity contribution in [3.05, 3.63) is 28.5 Å². The number of hydrogen-bond donors (Lipinski definition) is 0. The van der Waals surface area contributed by atoms with E-state index in [-0.39, 0.29) is 5.82 Å². The van der Waals surface area contributed by atoms with Gasteiger partial charge in [0.2, 0.25) is 0 Å². The van der Waals surface area contributed by atoms with E-state index >= 15 is 0 Å². The van der Waals surface area contributed by atoms with E-state index in [2.05, 4.69) is 0 Å². The average Bonchev–Trinajstić information content (AvgIpc) is 1.99. The van der Waals surface area contributed by atoms with Crippen LogP contribution in [0.15, 0.2) is 17.0 Å². The summed E-state index contributed by atoms with van der Waals surface area (Å²) in [6, 6.07) is 2.97. The lowest BCUT2D eigenvalue weighted by atomic mass is 10.2. The van der Waals surface area contributed by atoms with Gasteiger partial charge in [0.15, 0.2) is 0 Å². The molecule has 0 bridgehead atoms. The van der Waals surface area contributed by atoms with Crippen molar-refractivity contribution in [2.24, 2.45) is 0 Å². The van der Waals surface area contributed by atoms with Crippen LogP contribution in [0.5, 0.6) is 0 Å². The van der Waals surface area contributed by atoms with Crippen molar-refractivity contribution >= 4 is 23.4 Å². The molecule has 0 aromatic heterocycles. The summed E-state index contributed by atoms with van der Waals surface area (Å²) in [7, 11) is 0. The first-order chi connectivity index (χ1) is 5.16. The smallest absolute Gasteiger partial charge is 0.137 e. The Morgan fingerprint density at radius 1 is 1.45 bits per heavy atom. The SMILES string of the molecule is CSc1c(F)ccc(Cl)c1C. The molecule has 1 rings (SSSR count). The fourth-order valence-electron chi connectivity index (χ4n) is 0.885. The van der Waals surface area contributed by atoms with Crippen LogP contribution in [0, 0.1) is 12.7 Å². The van der Waals surface area contributed by atoms with Crippen LogP contribution in [0.1, 0.15) is 5.56 Å². The van der Waals surface area contributed by atoms with Crippen molar-refractivity contribution in [2.75, 3.05) is 6.26 Å². The molecular formula is C8H8ClFS. The summed E-state index contributed by atoms with van der Waals surface area (Å²) >= 11 is 7.16. The van der Waals surface area contributed by atoms with Crippen LogP contribution >= 0.6 is 23.4 Å². The molecule has 0 fully saturated rings. The summed E-state index contributed by atoms with van der Waals surface area (Å²) in [6.07, 6.45) is 1.84. The Bertz CT molecular complexity index is 273. The first kappa shape index (κ1) is 8.88. The van der Waals surface area contributed by atoms with Crippen LogP contribution in [-0.4, -0.2) is 6.26 Å². The van der Waals surface area contributed by atoms with Gasteiger partial charge in [0.25, 0.3) is 0 Å². The maximum atomic E-state index is 13.0. The summed E-state index contributed by atoms with van der Waals surface area (Å²) in [4.78, 5) is 0.637. The molecule has 11 heavy (non-hydrogen) atoms. The third kappa shape index (κ3) is 1.68. The van der Waals surface area contributed by atoms with Gasteiger partial charge in [0.05, 0.1) is 0 Å². The molecule has 0 heterocycles. The highest BCUT2D eigenvalue weighted by Gasteiger charge is 2.06. The Balaban J connectivity index is 3.29. The van der Waals surface area contributed by atoms with Crippen LogP contribution in [0.3, 0.4) is 0 Å². The standard InChI is InChI=1S/C8H8ClFS/c1-5-6(9)3-4-7(10)8(5)11-2/h3-4H,1-2H3. The zero-order valence-corrected chi connectivity index (χ0v) is 7.89. The van der Waals surface area contributed by atoms with Gasteiger partial charge in [-0.2, -0.15) is 0 Å². The molecule has 0 aliphatic carbocycles. The minimum Gasteiger partial charge on any atom is -0.206 e. The highest BCUT2D eigenvalue weighted by Crippen LogP contribution is 2.28. The topological polar surface area (TPSA) is 0 Å². The second kappa shape index (κ2) is 3.46. The molecule has 0 spiro atoms. The third-order valence-electron chi connectivity index (χ3n) is 1.50. The van der Waals surface area contributed by atoms with Crippen molar-refractivity contribution in [3.63, 3.8) is 0 Å². The van der Waals surface area contributed by atoms with E-state index in [1.807, 2.05) is 13.2 Å². The summed E-state index contributed by atoms with van der Waals surface area (Å²) in [5.41, 5.74) is 0.819. The maximum absolute atomic E-state index is 13.0. The molecule has 0 atom stereocenters. The molecule has 0 saturated heterocycles. The molecule has 1 aromatic rings. The van der Waals surface area contributed by atoms with Crippen molar-refractivity contribution in [1.82, 2.24) is 0 Å². The fraction of sp³-hybridized carbons (Fsp3) is 0.250. The molecule has 60 valence electrons. The first-order valence-corrected chi connectivity index (χ1v) is 4.75. The van der Waals surface area contributed by atoms with Gasteiger partial charge in [-0.25, -0.2) is 4.39 Å². The first-order valence-electron chi connectivity index (χ1n) is 3.15. The number of benzene rings is 1. The van der Waals surface area contributed by atoms with E-state index in [9.17, 15) is 4.39 Å². The Labute approximate surface area is 74.8 Å². The van der Waals surface area contributed by atoms with Gasteiger partial charge in [-0.15, -0.1) is 11.8 Å². The maximum Gasteiger partial charge on any atom is 0.137 e. The predicted molar refractivity (Wildman–Crippen MR) is 47.9 cm³/mol.